The van der Waals surface area contributed by atoms with Gasteiger partial charge in [-0.25, -0.2) is 14.2 Å². The quantitative estimate of drug-likeness (QED) is 0.704. The van der Waals surface area contributed by atoms with Crippen molar-refractivity contribution in [3.63, 3.8) is 0 Å². The van der Waals surface area contributed by atoms with E-state index in [2.05, 4.69) is 4.98 Å². The van der Waals surface area contributed by atoms with Crippen molar-refractivity contribution in [2.75, 3.05) is 7.11 Å². The van der Waals surface area contributed by atoms with Crippen LogP contribution >= 0.6 is 0 Å². The molecule has 0 bridgehead atoms. The van der Waals surface area contributed by atoms with Crippen LogP contribution in [-0.2, 0) is 24.8 Å². The predicted octanol–water partition coefficient (Wildman–Crippen LogP) is 1.49. The van der Waals surface area contributed by atoms with E-state index in [0.29, 0.717) is 17.5 Å². The fourth-order valence-electron chi connectivity index (χ4n) is 2.81. The molecule has 3 aromatic rings. The second-order valence-electron chi connectivity index (χ2n) is 5.82. The number of hydrogen-bond acceptors (Lipinski definition) is 4. The molecule has 6 nitrogen and oxygen atoms in total. The first-order chi connectivity index (χ1) is 12.0. The molecule has 0 saturated heterocycles. The summed E-state index contributed by atoms with van der Waals surface area (Å²) in [4.78, 5) is 29.3. The van der Waals surface area contributed by atoms with Gasteiger partial charge < -0.3 is 4.74 Å². The standard InChI is InChI=1S/C18H18FN3O3/c1-21-16-15(4-3-9-20-16)17(23)22(18(21)24)11-14(25-2)10-12-5-7-13(19)8-6-12/h3-9,14H,10-11H2,1-2H3. The van der Waals surface area contributed by atoms with Crippen molar-refractivity contribution >= 4 is 11.0 Å². The van der Waals surface area contributed by atoms with Crippen LogP contribution in [0, 0.1) is 5.82 Å². The number of ether oxygens (including phenoxy) is 1. The third-order valence-corrected chi connectivity index (χ3v) is 4.19. The fourth-order valence-corrected chi connectivity index (χ4v) is 2.81. The lowest BCUT2D eigenvalue weighted by Crippen LogP contribution is -2.42. The molecule has 1 unspecified atom stereocenters. The van der Waals surface area contributed by atoms with Crippen LogP contribution in [0.15, 0.2) is 52.2 Å². The lowest BCUT2D eigenvalue weighted by atomic mass is 10.1. The molecule has 2 aromatic heterocycles. The Labute approximate surface area is 143 Å². The number of nitrogens with zero attached hydrogens (tertiary/aromatic N) is 3. The summed E-state index contributed by atoms with van der Waals surface area (Å²) in [6.07, 6.45) is 1.60. The van der Waals surface area contributed by atoms with Gasteiger partial charge in [0, 0.05) is 26.8 Å². The SMILES string of the molecule is COC(Cc1ccc(F)cc1)Cn1c(=O)c2cccnc2n(C)c1=O. The number of benzene rings is 1. The third kappa shape index (κ3) is 3.36. The first-order valence-electron chi connectivity index (χ1n) is 7.83. The van der Waals surface area contributed by atoms with Gasteiger partial charge in [0.2, 0.25) is 0 Å². The largest absolute Gasteiger partial charge is 0.379 e. The highest BCUT2D eigenvalue weighted by Crippen LogP contribution is 2.09. The maximum Gasteiger partial charge on any atom is 0.332 e. The molecule has 25 heavy (non-hydrogen) atoms. The third-order valence-electron chi connectivity index (χ3n) is 4.19. The van der Waals surface area contributed by atoms with Crippen molar-refractivity contribution in [2.45, 2.75) is 19.1 Å². The molecule has 0 N–H and O–H groups in total. The summed E-state index contributed by atoms with van der Waals surface area (Å²) in [7, 11) is 3.10. The Morgan fingerprint density at radius 2 is 1.92 bits per heavy atom. The summed E-state index contributed by atoms with van der Waals surface area (Å²) in [6.45, 7) is 0.101. The van der Waals surface area contributed by atoms with Gasteiger partial charge in [-0.15, -0.1) is 0 Å². The number of halogens is 1. The minimum Gasteiger partial charge on any atom is -0.379 e. The van der Waals surface area contributed by atoms with Crippen LogP contribution in [0.3, 0.4) is 0 Å². The Kier molecular flexibility index (Phi) is 4.76. The van der Waals surface area contributed by atoms with Gasteiger partial charge in [-0.05, 0) is 29.8 Å². The van der Waals surface area contributed by atoms with Gasteiger partial charge in [0.15, 0.2) is 0 Å². The van der Waals surface area contributed by atoms with Gasteiger partial charge >= 0.3 is 5.69 Å². The second-order valence-corrected chi connectivity index (χ2v) is 5.82. The van der Waals surface area contributed by atoms with Crippen molar-refractivity contribution in [3.8, 4) is 0 Å². The van der Waals surface area contributed by atoms with E-state index in [1.54, 1.807) is 31.3 Å². The van der Waals surface area contributed by atoms with Gasteiger partial charge in [0.25, 0.3) is 5.56 Å². The normalized spacial score (nSPS) is 12.4. The van der Waals surface area contributed by atoms with Crippen LogP contribution in [0.2, 0.25) is 0 Å². The van der Waals surface area contributed by atoms with E-state index in [-0.39, 0.29) is 12.4 Å². The summed E-state index contributed by atoms with van der Waals surface area (Å²) in [6, 6.07) is 9.36. The van der Waals surface area contributed by atoms with E-state index in [0.717, 1.165) is 10.1 Å². The highest BCUT2D eigenvalue weighted by molar-refractivity contribution is 5.73. The number of aromatic nitrogens is 3. The number of pyridine rings is 1. The predicted molar refractivity (Wildman–Crippen MR) is 92.1 cm³/mol. The Bertz CT molecular complexity index is 1010. The van der Waals surface area contributed by atoms with Gasteiger partial charge in [0.05, 0.1) is 18.0 Å². The van der Waals surface area contributed by atoms with Gasteiger partial charge in [-0.2, -0.15) is 0 Å². The summed E-state index contributed by atoms with van der Waals surface area (Å²) < 4.78 is 21.0. The zero-order chi connectivity index (χ0) is 18.0. The van der Waals surface area contributed by atoms with E-state index in [4.69, 9.17) is 4.74 Å². The molecule has 2 heterocycles. The minimum atomic E-state index is -0.447. The average Bonchev–Trinajstić information content (AvgIpc) is 2.64. The molecule has 0 radical (unpaired) electrons. The van der Waals surface area contributed by atoms with Crippen LogP contribution < -0.4 is 11.2 Å². The van der Waals surface area contributed by atoms with Crippen molar-refractivity contribution in [2.24, 2.45) is 7.05 Å². The molecule has 0 saturated carbocycles. The topological polar surface area (TPSA) is 66.1 Å². The summed E-state index contributed by atoms with van der Waals surface area (Å²) in [5, 5.41) is 0.376. The van der Waals surface area contributed by atoms with E-state index in [9.17, 15) is 14.0 Å². The number of methoxy groups -OCH3 is 1. The average molecular weight is 343 g/mol. The smallest absolute Gasteiger partial charge is 0.332 e. The first kappa shape index (κ1) is 17.0. The lowest BCUT2D eigenvalue weighted by molar-refractivity contribution is 0.0858. The number of rotatable bonds is 5. The van der Waals surface area contributed by atoms with Gasteiger partial charge in [0.1, 0.15) is 11.5 Å². The van der Waals surface area contributed by atoms with Crippen molar-refractivity contribution in [1.29, 1.82) is 0 Å². The van der Waals surface area contributed by atoms with Gasteiger partial charge in [-0.3, -0.25) is 13.9 Å². The van der Waals surface area contributed by atoms with Crippen LogP contribution in [0.4, 0.5) is 4.39 Å². The zero-order valence-corrected chi connectivity index (χ0v) is 14.0. The van der Waals surface area contributed by atoms with Crippen molar-refractivity contribution in [1.82, 2.24) is 14.1 Å². The molecule has 7 heteroatoms. The Morgan fingerprint density at radius 3 is 2.60 bits per heavy atom. The molecule has 0 aliphatic rings. The van der Waals surface area contributed by atoms with Crippen LogP contribution in [0.25, 0.3) is 11.0 Å². The number of aryl methyl sites for hydroxylation is 1. The van der Waals surface area contributed by atoms with Crippen molar-refractivity contribution in [3.05, 3.63) is 74.8 Å². The van der Waals surface area contributed by atoms with E-state index < -0.39 is 17.4 Å². The second kappa shape index (κ2) is 6.98. The van der Waals surface area contributed by atoms with Crippen LogP contribution in [-0.4, -0.2) is 27.3 Å². The molecule has 0 spiro atoms. The Morgan fingerprint density at radius 1 is 1.20 bits per heavy atom. The highest BCUT2D eigenvalue weighted by Gasteiger charge is 2.16. The van der Waals surface area contributed by atoms with E-state index in [1.807, 2.05) is 0 Å². The lowest BCUT2D eigenvalue weighted by Gasteiger charge is -2.17. The summed E-state index contributed by atoms with van der Waals surface area (Å²) in [5.74, 6) is -0.315. The molecule has 1 atom stereocenters. The van der Waals surface area contributed by atoms with Crippen LogP contribution in [0.1, 0.15) is 5.56 Å². The Hall–Kier alpha value is -2.80. The van der Waals surface area contributed by atoms with Gasteiger partial charge in [-0.1, -0.05) is 12.1 Å². The van der Waals surface area contributed by atoms with Crippen molar-refractivity contribution < 1.29 is 9.13 Å². The summed E-state index contributed by atoms with van der Waals surface area (Å²) in [5.41, 5.74) is 0.367. The monoisotopic (exact) mass is 343 g/mol. The molecule has 1 aromatic carbocycles. The molecule has 0 fully saturated rings. The zero-order valence-electron chi connectivity index (χ0n) is 14.0. The molecule has 0 amide bonds. The molecular weight excluding hydrogens is 325 g/mol. The maximum atomic E-state index is 13.0. The molecule has 0 aliphatic carbocycles. The number of hydrogen-bond donors (Lipinski definition) is 0. The summed E-state index contributed by atoms with van der Waals surface area (Å²) >= 11 is 0. The van der Waals surface area contributed by atoms with Crippen LogP contribution in [0.5, 0.6) is 0 Å². The molecule has 3 rings (SSSR count). The minimum absolute atomic E-state index is 0.101. The van der Waals surface area contributed by atoms with E-state index >= 15 is 0 Å². The number of fused-ring (bicyclic) bond motifs is 1. The van der Waals surface area contributed by atoms with E-state index in [1.165, 1.54) is 30.0 Å². The molecule has 130 valence electrons. The first-order valence-corrected chi connectivity index (χ1v) is 7.83. The molecular formula is C18H18FN3O3. The highest BCUT2D eigenvalue weighted by atomic mass is 19.1. The Balaban J connectivity index is 1.97. The fraction of sp³-hybridized carbons (Fsp3) is 0.278. The molecule has 0 aliphatic heterocycles. The maximum absolute atomic E-state index is 13.0.